The lowest BCUT2D eigenvalue weighted by atomic mass is 10.1. The number of carbonyl (C=O) groups is 1. The quantitative estimate of drug-likeness (QED) is 0.608. The van der Waals surface area contributed by atoms with Crippen LogP contribution >= 0.6 is 11.8 Å². The molecule has 2 aliphatic heterocycles. The molecule has 1 N–H and O–H groups in total. The molecule has 8 nitrogen and oxygen atoms in total. The first-order valence-corrected chi connectivity index (χ1v) is 12.5. The summed E-state index contributed by atoms with van der Waals surface area (Å²) in [6.07, 6.45) is 2.51. The van der Waals surface area contributed by atoms with Crippen molar-refractivity contribution in [1.29, 1.82) is 0 Å². The van der Waals surface area contributed by atoms with E-state index in [-0.39, 0.29) is 5.91 Å². The van der Waals surface area contributed by atoms with Gasteiger partial charge in [0.25, 0.3) is 0 Å². The maximum absolute atomic E-state index is 12.7. The lowest BCUT2D eigenvalue weighted by Crippen LogP contribution is -2.38. The van der Waals surface area contributed by atoms with E-state index < -0.39 is 0 Å². The van der Waals surface area contributed by atoms with Crippen LogP contribution in [0.3, 0.4) is 0 Å². The fraction of sp³-hybridized carbons (Fsp3) is 0.609. The van der Waals surface area contributed by atoms with Crippen LogP contribution in [0.5, 0.6) is 0 Å². The molecule has 0 unspecified atom stereocenters. The molecule has 1 aromatic carbocycles. The SMILES string of the molecule is Cc1cc(N2CCCC2)ccc1NC(=O)CSc1nnc(N2CCOCC2)n1CC(C)C. The number of thioether (sulfide) groups is 1. The second kappa shape index (κ2) is 10.6. The number of nitrogens with one attached hydrogen (secondary N) is 1. The monoisotopic (exact) mass is 458 g/mol. The van der Waals surface area contributed by atoms with Gasteiger partial charge in [0.05, 0.1) is 19.0 Å². The van der Waals surface area contributed by atoms with E-state index in [1.807, 2.05) is 6.07 Å². The lowest BCUT2D eigenvalue weighted by Gasteiger charge is -2.28. The molecule has 9 heteroatoms. The number of aromatic nitrogens is 3. The van der Waals surface area contributed by atoms with Crippen LogP contribution in [0.25, 0.3) is 0 Å². The van der Waals surface area contributed by atoms with E-state index in [2.05, 4.69) is 62.8 Å². The van der Waals surface area contributed by atoms with E-state index in [0.717, 1.165) is 55.1 Å². The highest BCUT2D eigenvalue weighted by molar-refractivity contribution is 7.99. The topological polar surface area (TPSA) is 75.5 Å². The summed E-state index contributed by atoms with van der Waals surface area (Å²) in [5.41, 5.74) is 3.20. The number of ether oxygens (including phenoxy) is 1. The van der Waals surface area contributed by atoms with Crippen LogP contribution < -0.4 is 15.1 Å². The molecule has 3 heterocycles. The summed E-state index contributed by atoms with van der Waals surface area (Å²) >= 11 is 1.44. The number of hydrogen-bond acceptors (Lipinski definition) is 7. The molecule has 32 heavy (non-hydrogen) atoms. The molecule has 0 bridgehead atoms. The van der Waals surface area contributed by atoms with Gasteiger partial charge in [0, 0.05) is 44.1 Å². The standard InChI is InChI=1S/C23H34N6O2S/c1-17(2)15-29-22(28-10-12-31-13-11-28)25-26-23(29)32-16-21(30)24-20-7-6-19(14-18(20)3)27-8-4-5-9-27/h6-7,14,17H,4-5,8-13,15-16H2,1-3H3,(H,24,30). The fourth-order valence-corrected chi connectivity index (χ4v) is 4.93. The molecule has 1 amide bonds. The normalized spacial score (nSPS) is 16.8. The van der Waals surface area contributed by atoms with Gasteiger partial charge in [-0.2, -0.15) is 0 Å². The van der Waals surface area contributed by atoms with Gasteiger partial charge in [0.1, 0.15) is 0 Å². The largest absolute Gasteiger partial charge is 0.378 e. The number of amides is 1. The number of morpholine rings is 1. The Kier molecular flexibility index (Phi) is 7.57. The fourth-order valence-electron chi connectivity index (χ4n) is 4.19. The Bertz CT molecular complexity index is 919. The summed E-state index contributed by atoms with van der Waals surface area (Å²) in [6.45, 7) is 12.5. The number of nitrogens with zero attached hydrogens (tertiary/aromatic N) is 5. The van der Waals surface area contributed by atoms with Crippen molar-refractivity contribution in [3.05, 3.63) is 23.8 Å². The predicted octanol–water partition coefficient (Wildman–Crippen LogP) is 3.41. The van der Waals surface area contributed by atoms with Crippen LogP contribution in [0.2, 0.25) is 0 Å². The Balaban J connectivity index is 1.38. The Labute approximate surface area is 194 Å². The van der Waals surface area contributed by atoms with Crippen molar-refractivity contribution in [3.63, 3.8) is 0 Å². The summed E-state index contributed by atoms with van der Waals surface area (Å²) < 4.78 is 7.61. The average Bonchev–Trinajstić information content (AvgIpc) is 3.44. The zero-order valence-electron chi connectivity index (χ0n) is 19.3. The van der Waals surface area contributed by atoms with Gasteiger partial charge in [0.2, 0.25) is 11.9 Å². The van der Waals surface area contributed by atoms with Crippen molar-refractivity contribution in [1.82, 2.24) is 14.8 Å². The number of benzene rings is 1. The predicted molar refractivity (Wildman–Crippen MR) is 130 cm³/mol. The van der Waals surface area contributed by atoms with Crippen LogP contribution in [0.15, 0.2) is 23.4 Å². The average molecular weight is 459 g/mol. The van der Waals surface area contributed by atoms with Crippen LogP contribution in [-0.4, -0.2) is 65.8 Å². The highest BCUT2D eigenvalue weighted by Gasteiger charge is 2.22. The molecule has 2 aliphatic rings. The zero-order chi connectivity index (χ0) is 22.5. The number of carbonyl (C=O) groups excluding carboxylic acids is 1. The van der Waals surface area contributed by atoms with Gasteiger partial charge in [-0.15, -0.1) is 10.2 Å². The van der Waals surface area contributed by atoms with Gasteiger partial charge >= 0.3 is 0 Å². The van der Waals surface area contributed by atoms with E-state index in [4.69, 9.17) is 4.74 Å². The maximum Gasteiger partial charge on any atom is 0.234 e. The van der Waals surface area contributed by atoms with Gasteiger partial charge in [-0.1, -0.05) is 25.6 Å². The zero-order valence-corrected chi connectivity index (χ0v) is 20.2. The second-order valence-corrected chi connectivity index (χ2v) is 9.86. The number of anilines is 3. The first kappa shape index (κ1) is 22.9. The van der Waals surface area contributed by atoms with E-state index in [0.29, 0.717) is 24.9 Å². The lowest BCUT2D eigenvalue weighted by molar-refractivity contribution is -0.113. The van der Waals surface area contributed by atoms with Crippen molar-refractivity contribution in [2.24, 2.45) is 5.92 Å². The number of hydrogen-bond donors (Lipinski definition) is 1. The number of rotatable bonds is 8. The van der Waals surface area contributed by atoms with Crippen molar-refractivity contribution < 1.29 is 9.53 Å². The van der Waals surface area contributed by atoms with E-state index in [1.165, 1.54) is 30.3 Å². The van der Waals surface area contributed by atoms with Gasteiger partial charge in [-0.3, -0.25) is 9.36 Å². The van der Waals surface area contributed by atoms with Gasteiger partial charge in [-0.05, 0) is 49.4 Å². The third-order valence-electron chi connectivity index (χ3n) is 5.83. The molecule has 2 aromatic rings. The van der Waals surface area contributed by atoms with E-state index in [9.17, 15) is 4.79 Å². The molecule has 0 radical (unpaired) electrons. The third kappa shape index (κ3) is 5.56. The summed E-state index contributed by atoms with van der Waals surface area (Å²) in [4.78, 5) is 17.3. The van der Waals surface area contributed by atoms with Crippen LogP contribution in [0, 0.1) is 12.8 Å². The van der Waals surface area contributed by atoms with E-state index in [1.54, 1.807) is 0 Å². The summed E-state index contributed by atoms with van der Waals surface area (Å²) in [6, 6.07) is 6.29. The summed E-state index contributed by atoms with van der Waals surface area (Å²) in [7, 11) is 0. The molecular weight excluding hydrogens is 424 g/mol. The van der Waals surface area contributed by atoms with Gasteiger partial charge in [-0.25, -0.2) is 0 Å². The molecule has 174 valence electrons. The molecule has 0 saturated carbocycles. The van der Waals surface area contributed by atoms with Gasteiger partial charge in [0.15, 0.2) is 5.16 Å². The molecule has 0 atom stereocenters. The van der Waals surface area contributed by atoms with Crippen molar-refractivity contribution >= 4 is 35.0 Å². The van der Waals surface area contributed by atoms with Crippen molar-refractivity contribution in [2.75, 3.05) is 60.3 Å². The molecule has 1 aromatic heterocycles. The number of aryl methyl sites for hydroxylation is 1. The summed E-state index contributed by atoms with van der Waals surface area (Å²) in [5.74, 6) is 1.60. The Hall–Kier alpha value is -2.26. The molecule has 4 rings (SSSR count). The first-order valence-electron chi connectivity index (χ1n) is 11.6. The highest BCUT2D eigenvalue weighted by Crippen LogP contribution is 2.27. The minimum Gasteiger partial charge on any atom is -0.378 e. The summed E-state index contributed by atoms with van der Waals surface area (Å²) in [5, 5.41) is 12.7. The minimum atomic E-state index is -0.0287. The maximum atomic E-state index is 12.7. The Morgan fingerprint density at radius 3 is 2.56 bits per heavy atom. The molecular formula is C23H34N6O2S. The van der Waals surface area contributed by atoms with Crippen LogP contribution in [0.1, 0.15) is 32.3 Å². The molecule has 0 spiro atoms. The van der Waals surface area contributed by atoms with E-state index >= 15 is 0 Å². The Morgan fingerprint density at radius 1 is 1.12 bits per heavy atom. The smallest absolute Gasteiger partial charge is 0.234 e. The molecule has 0 aliphatic carbocycles. The first-order chi connectivity index (χ1) is 15.5. The van der Waals surface area contributed by atoms with Crippen molar-refractivity contribution in [3.8, 4) is 0 Å². The van der Waals surface area contributed by atoms with Gasteiger partial charge < -0.3 is 19.9 Å². The second-order valence-electron chi connectivity index (χ2n) is 8.92. The van der Waals surface area contributed by atoms with Crippen molar-refractivity contribution in [2.45, 2.75) is 45.3 Å². The molecule has 2 saturated heterocycles. The Morgan fingerprint density at radius 2 is 1.88 bits per heavy atom. The third-order valence-corrected chi connectivity index (χ3v) is 6.79. The van der Waals surface area contributed by atoms with Crippen LogP contribution in [-0.2, 0) is 16.1 Å². The van der Waals surface area contributed by atoms with Crippen LogP contribution in [0.4, 0.5) is 17.3 Å². The molecule has 2 fully saturated rings. The highest BCUT2D eigenvalue weighted by atomic mass is 32.2. The minimum absolute atomic E-state index is 0.0287.